The van der Waals surface area contributed by atoms with Crippen molar-refractivity contribution in [2.75, 3.05) is 31.1 Å². The zero-order valence-electron chi connectivity index (χ0n) is 26.0. The molecule has 1 unspecified atom stereocenters. The maximum atomic E-state index is 13.1. The molecule has 3 amide bonds. The molecule has 2 aromatic carbocycles. The number of piperidine rings is 3. The van der Waals surface area contributed by atoms with Gasteiger partial charge < -0.3 is 9.80 Å². The molecule has 47 heavy (non-hydrogen) atoms. The number of imide groups is 1. The van der Waals surface area contributed by atoms with Crippen molar-refractivity contribution in [1.29, 1.82) is 0 Å². The number of benzene rings is 2. The summed E-state index contributed by atoms with van der Waals surface area (Å²) in [7, 11) is 0. The summed E-state index contributed by atoms with van der Waals surface area (Å²) >= 11 is 0. The van der Waals surface area contributed by atoms with E-state index in [0.29, 0.717) is 37.3 Å². The number of aromatic nitrogens is 2. The van der Waals surface area contributed by atoms with Gasteiger partial charge in [0.2, 0.25) is 11.8 Å². The Morgan fingerprint density at radius 1 is 0.851 bits per heavy atom. The number of carbonyl (C=O) groups is 3. The first-order valence-corrected chi connectivity index (χ1v) is 16.4. The van der Waals surface area contributed by atoms with Gasteiger partial charge in [0.25, 0.3) is 5.91 Å². The van der Waals surface area contributed by atoms with Crippen LogP contribution in [0.1, 0.15) is 88.9 Å². The first kappa shape index (κ1) is 31.3. The van der Waals surface area contributed by atoms with Crippen LogP contribution in [0.25, 0.3) is 0 Å². The Balaban J connectivity index is 0.893. The Morgan fingerprint density at radius 3 is 2.28 bits per heavy atom. The molecule has 0 spiro atoms. The average Bonchev–Trinajstić information content (AvgIpc) is 3.40. The van der Waals surface area contributed by atoms with Crippen LogP contribution in [-0.4, -0.2) is 69.7 Å². The fourth-order valence-electron chi connectivity index (χ4n) is 7.47. The van der Waals surface area contributed by atoms with Crippen molar-refractivity contribution in [2.45, 2.75) is 75.7 Å². The van der Waals surface area contributed by atoms with E-state index in [9.17, 15) is 27.6 Å². The van der Waals surface area contributed by atoms with Crippen LogP contribution in [0.2, 0.25) is 0 Å². The quantitative estimate of drug-likeness (QED) is 0.376. The molecule has 1 aromatic heterocycles. The largest absolute Gasteiger partial charge is 0.433 e. The second-order valence-corrected chi connectivity index (χ2v) is 13.1. The molecule has 0 radical (unpaired) electrons. The van der Waals surface area contributed by atoms with E-state index in [2.05, 4.69) is 61.5 Å². The van der Waals surface area contributed by atoms with Crippen molar-refractivity contribution >= 4 is 23.4 Å². The third-order valence-electron chi connectivity index (χ3n) is 10.1. The van der Waals surface area contributed by atoms with E-state index in [1.807, 2.05) is 6.07 Å². The molecule has 246 valence electrons. The summed E-state index contributed by atoms with van der Waals surface area (Å²) in [5, 5.41) is 2.36. The van der Waals surface area contributed by atoms with Crippen LogP contribution in [0, 0.1) is 0 Å². The van der Waals surface area contributed by atoms with E-state index < -0.39 is 23.8 Å². The highest BCUT2D eigenvalue weighted by Gasteiger charge is 2.39. The van der Waals surface area contributed by atoms with E-state index >= 15 is 0 Å². The number of alkyl halides is 3. The minimum atomic E-state index is -4.47. The van der Waals surface area contributed by atoms with E-state index in [-0.39, 0.29) is 30.0 Å². The summed E-state index contributed by atoms with van der Waals surface area (Å²) < 4.78 is 39.3. The molecular weight excluding hydrogens is 609 g/mol. The molecule has 3 aromatic rings. The first-order chi connectivity index (χ1) is 22.6. The number of rotatable bonds is 6. The van der Waals surface area contributed by atoms with Crippen LogP contribution in [0.4, 0.5) is 18.9 Å². The second kappa shape index (κ2) is 12.7. The van der Waals surface area contributed by atoms with Gasteiger partial charge in [0.1, 0.15) is 17.6 Å². The lowest BCUT2D eigenvalue weighted by atomic mass is 9.87. The third-order valence-corrected chi connectivity index (χ3v) is 10.1. The van der Waals surface area contributed by atoms with E-state index in [1.165, 1.54) is 17.3 Å². The number of hydrogen-bond acceptors (Lipinski definition) is 7. The van der Waals surface area contributed by atoms with Crippen molar-refractivity contribution < 1.29 is 27.6 Å². The molecule has 4 aliphatic heterocycles. The van der Waals surface area contributed by atoms with Crippen molar-refractivity contribution in [3.8, 4) is 0 Å². The summed E-state index contributed by atoms with van der Waals surface area (Å²) in [6.45, 7) is 4.67. The van der Waals surface area contributed by atoms with Gasteiger partial charge in [0.15, 0.2) is 0 Å². The van der Waals surface area contributed by atoms with Crippen molar-refractivity contribution in [2.24, 2.45) is 0 Å². The number of amides is 3. The Labute approximate surface area is 271 Å². The first-order valence-electron chi connectivity index (χ1n) is 16.4. The number of anilines is 1. The molecule has 5 heterocycles. The minimum Gasteiger partial charge on any atom is -0.371 e. The van der Waals surface area contributed by atoms with Gasteiger partial charge in [-0.25, -0.2) is 9.97 Å². The van der Waals surface area contributed by atoms with Crippen molar-refractivity contribution in [3.05, 3.63) is 88.5 Å². The van der Waals surface area contributed by atoms with Gasteiger partial charge in [0, 0.05) is 56.0 Å². The highest BCUT2D eigenvalue weighted by molar-refractivity contribution is 6.05. The average molecular weight is 647 g/mol. The van der Waals surface area contributed by atoms with Gasteiger partial charge in [-0.05, 0) is 92.1 Å². The summed E-state index contributed by atoms with van der Waals surface area (Å²) in [4.78, 5) is 51.3. The third kappa shape index (κ3) is 6.60. The summed E-state index contributed by atoms with van der Waals surface area (Å²) in [6.07, 6.45) is 0.792. The number of carbonyl (C=O) groups excluding carboxylic acids is 3. The molecule has 0 bridgehead atoms. The maximum Gasteiger partial charge on any atom is 0.433 e. The van der Waals surface area contributed by atoms with Gasteiger partial charge in [0.05, 0.1) is 0 Å². The highest BCUT2D eigenvalue weighted by Crippen LogP contribution is 2.35. The molecule has 3 saturated heterocycles. The van der Waals surface area contributed by atoms with Gasteiger partial charge in [-0.15, -0.1) is 0 Å². The SMILES string of the molecule is O=C1CCC(N2Cc3cc(C4CCN(Cc5ccc(N6CCC(c7nccc(C(F)(F)F)n7)CC6)cc5)CC4)ccc3C2=O)C(=O)N1. The smallest absolute Gasteiger partial charge is 0.371 e. The maximum absolute atomic E-state index is 13.1. The standard InChI is InChI=1S/C35H37F3N6O3/c36-35(37,38)30-9-14-39-32(40-30)24-12-17-43(18-13-24)27-4-1-22(2-5-27)20-42-15-10-23(11-16-42)25-3-6-28-26(19-25)21-44(34(28)47)29-7-8-31(45)41-33(29)46/h1-6,9,14,19,23-24,29H,7-8,10-13,15-18,20-21H2,(H,41,45,46). The second-order valence-electron chi connectivity index (χ2n) is 13.1. The minimum absolute atomic E-state index is 0.0810. The number of nitrogens with one attached hydrogen (secondary N) is 1. The number of halogens is 3. The van der Waals surface area contributed by atoms with E-state index in [0.717, 1.165) is 62.9 Å². The lowest BCUT2D eigenvalue weighted by Crippen LogP contribution is -2.52. The highest BCUT2D eigenvalue weighted by atomic mass is 19.4. The van der Waals surface area contributed by atoms with E-state index in [4.69, 9.17) is 0 Å². The molecule has 4 aliphatic rings. The lowest BCUT2D eigenvalue weighted by molar-refractivity contribution is -0.141. The Bertz CT molecular complexity index is 1660. The molecule has 0 saturated carbocycles. The summed E-state index contributed by atoms with van der Waals surface area (Å²) in [5.41, 5.74) is 4.30. The zero-order valence-corrected chi connectivity index (χ0v) is 26.0. The molecular formula is C35H37F3N6O3. The van der Waals surface area contributed by atoms with Crippen molar-refractivity contribution in [1.82, 2.24) is 25.1 Å². The number of likely N-dealkylation sites (tertiary alicyclic amines) is 1. The normalized spacial score (nSPS) is 21.7. The van der Waals surface area contributed by atoms with Gasteiger partial charge in [-0.2, -0.15) is 13.2 Å². The van der Waals surface area contributed by atoms with Crippen LogP contribution in [0.3, 0.4) is 0 Å². The zero-order chi connectivity index (χ0) is 32.7. The van der Waals surface area contributed by atoms with Crippen LogP contribution >= 0.6 is 0 Å². The fraction of sp³-hybridized carbons (Fsp3) is 0.457. The molecule has 0 aliphatic carbocycles. The Hall–Kier alpha value is -4.32. The monoisotopic (exact) mass is 646 g/mol. The summed E-state index contributed by atoms with van der Waals surface area (Å²) in [6, 6.07) is 15.0. The summed E-state index contributed by atoms with van der Waals surface area (Å²) in [5.74, 6) is -0.217. The molecule has 1 atom stereocenters. The molecule has 12 heteroatoms. The number of fused-ring (bicyclic) bond motifs is 1. The Kier molecular flexibility index (Phi) is 8.46. The van der Waals surface area contributed by atoms with Crippen LogP contribution in [0.15, 0.2) is 54.7 Å². The predicted molar refractivity (Wildman–Crippen MR) is 167 cm³/mol. The van der Waals surface area contributed by atoms with Gasteiger partial charge >= 0.3 is 6.18 Å². The van der Waals surface area contributed by atoms with Crippen LogP contribution < -0.4 is 10.2 Å². The van der Waals surface area contributed by atoms with Gasteiger partial charge in [-0.1, -0.05) is 24.3 Å². The fourth-order valence-corrected chi connectivity index (χ4v) is 7.47. The van der Waals surface area contributed by atoms with Gasteiger partial charge in [-0.3, -0.25) is 24.6 Å². The predicted octanol–water partition coefficient (Wildman–Crippen LogP) is 5.02. The molecule has 9 nitrogen and oxygen atoms in total. The molecule has 7 rings (SSSR count). The van der Waals surface area contributed by atoms with Crippen LogP contribution in [0.5, 0.6) is 0 Å². The lowest BCUT2D eigenvalue weighted by Gasteiger charge is -2.34. The molecule has 3 fully saturated rings. The van der Waals surface area contributed by atoms with Crippen LogP contribution in [-0.2, 0) is 28.9 Å². The topological polar surface area (TPSA) is 98.7 Å². The molecule has 1 N–H and O–H groups in total. The Morgan fingerprint density at radius 2 is 1.57 bits per heavy atom. The number of nitrogens with zero attached hydrogens (tertiary/aromatic N) is 5. The van der Waals surface area contributed by atoms with E-state index in [1.54, 1.807) is 4.90 Å². The number of hydrogen-bond donors (Lipinski definition) is 1. The van der Waals surface area contributed by atoms with Crippen molar-refractivity contribution in [3.63, 3.8) is 0 Å².